The minimum atomic E-state index is 0.684. The number of hydrogen-bond acceptors (Lipinski definition) is 3. The van der Waals surface area contributed by atoms with Gasteiger partial charge in [0, 0.05) is 10.9 Å². The highest BCUT2D eigenvalue weighted by Crippen LogP contribution is 2.42. The Balaban J connectivity index is 1.79. The Hall–Kier alpha value is -3.76. The summed E-state index contributed by atoms with van der Waals surface area (Å²) in [6.07, 6.45) is 0. The Morgan fingerprint density at radius 3 is 2.10 bits per heavy atom. The van der Waals surface area contributed by atoms with E-state index < -0.39 is 0 Å². The summed E-state index contributed by atoms with van der Waals surface area (Å²) >= 11 is 1.72. The first-order valence-corrected chi connectivity index (χ1v) is 10.7. The van der Waals surface area contributed by atoms with Gasteiger partial charge in [0.1, 0.15) is 4.83 Å². The molecule has 3 aromatic heterocycles. The number of aromatic nitrogens is 2. The highest BCUT2D eigenvalue weighted by molar-refractivity contribution is 7.26. The average Bonchev–Trinajstić information content (AvgIpc) is 3.18. The second-order valence-corrected chi connectivity index (χ2v) is 8.36. The van der Waals surface area contributed by atoms with Crippen molar-refractivity contribution in [2.24, 2.45) is 0 Å². The van der Waals surface area contributed by atoms with Crippen molar-refractivity contribution < 1.29 is 4.98 Å². The fourth-order valence-corrected chi connectivity index (χ4v) is 5.32. The second-order valence-electron chi connectivity index (χ2n) is 7.36. The lowest BCUT2D eigenvalue weighted by atomic mass is 9.99. The van der Waals surface area contributed by atoms with Gasteiger partial charge in [-0.05, 0) is 23.3 Å². The van der Waals surface area contributed by atoms with E-state index in [-0.39, 0.29) is 0 Å². The number of fused-ring (bicyclic) bond motifs is 5. The molecule has 0 radical (unpaired) electrons. The van der Waals surface area contributed by atoms with Crippen LogP contribution < -0.4 is 10.7 Å². The van der Waals surface area contributed by atoms with Crippen molar-refractivity contribution in [2.45, 2.75) is 0 Å². The van der Waals surface area contributed by atoms with Gasteiger partial charge in [-0.1, -0.05) is 78.9 Å². The van der Waals surface area contributed by atoms with E-state index >= 15 is 0 Å². The summed E-state index contributed by atoms with van der Waals surface area (Å²) in [5.41, 5.74) is 11.9. The molecule has 0 aliphatic carbocycles. The molecule has 0 amide bonds. The molecule has 0 atom stereocenters. The third-order valence-corrected chi connectivity index (χ3v) is 6.65. The fraction of sp³-hybridized carbons (Fsp3) is 0. The molecule has 3 nitrogen and oxygen atoms in total. The van der Waals surface area contributed by atoms with E-state index in [1.54, 1.807) is 11.3 Å². The Bertz CT molecular complexity index is 1540. The second kappa shape index (κ2) is 6.65. The minimum absolute atomic E-state index is 0.684. The fourth-order valence-electron chi connectivity index (χ4n) is 4.13. The first-order valence-electron chi connectivity index (χ1n) is 9.87. The minimum Gasteiger partial charge on any atom is -0.287 e. The van der Waals surface area contributed by atoms with Crippen LogP contribution in [0.15, 0.2) is 91.0 Å². The van der Waals surface area contributed by atoms with E-state index in [0.717, 1.165) is 43.3 Å². The highest BCUT2D eigenvalue weighted by Gasteiger charge is 2.20. The Labute approximate surface area is 177 Å². The summed E-state index contributed by atoms with van der Waals surface area (Å²) in [6, 6.07) is 31.3. The van der Waals surface area contributed by atoms with Crippen LogP contribution in [-0.2, 0) is 0 Å². The van der Waals surface area contributed by atoms with Gasteiger partial charge in [0.2, 0.25) is 0 Å². The number of nitrogen functional groups attached to an aromatic ring is 1. The van der Waals surface area contributed by atoms with Gasteiger partial charge in [0.05, 0.1) is 21.2 Å². The van der Waals surface area contributed by atoms with Gasteiger partial charge in [0.15, 0.2) is 5.52 Å². The maximum atomic E-state index is 6.41. The molecule has 0 saturated carbocycles. The molecular weight excluding hydrogens is 386 g/mol. The van der Waals surface area contributed by atoms with Crippen LogP contribution >= 0.6 is 11.3 Å². The van der Waals surface area contributed by atoms with E-state index in [4.69, 9.17) is 10.7 Å². The third kappa shape index (κ3) is 2.58. The van der Waals surface area contributed by atoms with Gasteiger partial charge >= 0.3 is 0 Å². The molecule has 0 unspecified atom stereocenters. The number of thiophene rings is 1. The Kier molecular flexibility index (Phi) is 3.79. The maximum absolute atomic E-state index is 6.41. The van der Waals surface area contributed by atoms with Crippen LogP contribution in [0.5, 0.6) is 0 Å². The van der Waals surface area contributed by atoms with Crippen molar-refractivity contribution in [1.29, 1.82) is 0 Å². The summed E-state index contributed by atoms with van der Waals surface area (Å²) in [4.78, 5) is 9.55. The quantitative estimate of drug-likeness (QED) is 0.366. The summed E-state index contributed by atoms with van der Waals surface area (Å²) < 4.78 is 1.18. The van der Waals surface area contributed by atoms with E-state index in [0.29, 0.717) is 5.82 Å². The largest absolute Gasteiger partial charge is 0.287 e. The predicted octanol–water partition coefficient (Wildman–Crippen LogP) is 6.33. The van der Waals surface area contributed by atoms with Crippen LogP contribution in [0.1, 0.15) is 0 Å². The Morgan fingerprint density at radius 1 is 0.733 bits per heavy atom. The first kappa shape index (κ1) is 17.1. The number of benzene rings is 3. The monoisotopic (exact) mass is 404 g/mol. The molecule has 3 aromatic carbocycles. The lowest BCUT2D eigenvalue weighted by Crippen LogP contribution is -2.11. The van der Waals surface area contributed by atoms with Crippen molar-refractivity contribution >= 4 is 48.4 Å². The number of pyridine rings is 2. The summed E-state index contributed by atoms with van der Waals surface area (Å²) in [5.74, 6) is 0.684. The average molecular weight is 405 g/mol. The van der Waals surface area contributed by atoms with Crippen LogP contribution in [0.2, 0.25) is 0 Å². The van der Waals surface area contributed by atoms with E-state index in [1.807, 2.05) is 18.2 Å². The summed E-state index contributed by atoms with van der Waals surface area (Å²) in [5, 5.41) is 3.33. The molecule has 30 heavy (non-hydrogen) atoms. The number of anilines is 1. The maximum Gasteiger partial charge on any atom is 0.278 e. The van der Waals surface area contributed by atoms with Crippen LogP contribution in [-0.4, -0.2) is 4.98 Å². The lowest BCUT2D eigenvalue weighted by molar-refractivity contribution is -0.323. The molecule has 0 fully saturated rings. The molecule has 0 spiro atoms. The molecule has 0 aliphatic heterocycles. The molecule has 0 bridgehead atoms. The van der Waals surface area contributed by atoms with E-state index in [9.17, 15) is 0 Å². The van der Waals surface area contributed by atoms with Gasteiger partial charge in [-0.15, -0.1) is 11.3 Å². The number of aromatic amines is 1. The van der Waals surface area contributed by atoms with Crippen molar-refractivity contribution in [3.05, 3.63) is 91.0 Å². The van der Waals surface area contributed by atoms with E-state index in [2.05, 4.69) is 77.8 Å². The number of hydrogen-bond donors (Lipinski definition) is 1. The van der Waals surface area contributed by atoms with Crippen LogP contribution in [0, 0.1) is 0 Å². The molecule has 6 rings (SSSR count). The first-order chi connectivity index (χ1) is 14.8. The number of nitrogens with one attached hydrogen (secondary N) is 1. The smallest absolute Gasteiger partial charge is 0.278 e. The van der Waals surface area contributed by atoms with Gasteiger partial charge in [-0.25, -0.2) is 9.97 Å². The van der Waals surface area contributed by atoms with Crippen molar-refractivity contribution in [3.63, 3.8) is 0 Å². The van der Waals surface area contributed by atoms with Gasteiger partial charge in [-0.3, -0.25) is 5.73 Å². The summed E-state index contributed by atoms with van der Waals surface area (Å²) in [7, 11) is 0. The van der Waals surface area contributed by atoms with Gasteiger partial charge in [-0.2, -0.15) is 0 Å². The van der Waals surface area contributed by atoms with Crippen molar-refractivity contribution in [1.82, 2.24) is 4.98 Å². The molecular formula is C26H18N3S+. The molecule has 0 aliphatic rings. The standard InChI is InChI=1S/C26H17N3S/c27-25-19-14-8-7-13-18(19)24-23(29-25)22-20(16-9-3-1-4-10-16)15-21(28-26(22)30-24)17-11-5-2-6-12-17/h1-15H,(H2,27,29)/p+1. The predicted molar refractivity (Wildman–Crippen MR) is 126 cm³/mol. The summed E-state index contributed by atoms with van der Waals surface area (Å²) in [6.45, 7) is 0. The van der Waals surface area contributed by atoms with Crippen LogP contribution in [0.4, 0.5) is 5.82 Å². The lowest BCUT2D eigenvalue weighted by Gasteiger charge is -2.08. The molecule has 0 saturated heterocycles. The van der Waals surface area contributed by atoms with Gasteiger partial charge in [0.25, 0.3) is 5.82 Å². The molecule has 4 heteroatoms. The molecule has 3 heterocycles. The zero-order valence-electron chi connectivity index (χ0n) is 16.1. The number of rotatable bonds is 2. The normalized spacial score (nSPS) is 11.5. The number of nitrogens with zero attached hydrogens (tertiary/aromatic N) is 1. The SMILES string of the molecule is Nc1[nH+]c2c(sc3nc(-c4ccccc4)cc(-c4ccccc4)c32)c2ccccc12. The molecule has 6 aromatic rings. The Morgan fingerprint density at radius 2 is 1.37 bits per heavy atom. The topological polar surface area (TPSA) is 53.0 Å². The zero-order chi connectivity index (χ0) is 20.1. The molecule has 3 N–H and O–H groups in total. The van der Waals surface area contributed by atoms with E-state index in [1.165, 1.54) is 10.3 Å². The number of nitrogens with two attached hydrogens (primary N) is 1. The van der Waals surface area contributed by atoms with Crippen LogP contribution in [0.3, 0.4) is 0 Å². The van der Waals surface area contributed by atoms with Crippen LogP contribution in [0.25, 0.3) is 53.6 Å². The van der Waals surface area contributed by atoms with Crippen molar-refractivity contribution in [2.75, 3.05) is 5.73 Å². The third-order valence-electron chi connectivity index (χ3n) is 5.54. The highest BCUT2D eigenvalue weighted by atomic mass is 32.1. The number of H-pyrrole nitrogens is 1. The zero-order valence-corrected chi connectivity index (χ0v) is 16.9. The van der Waals surface area contributed by atoms with Crippen molar-refractivity contribution in [3.8, 4) is 22.4 Å². The van der Waals surface area contributed by atoms with Gasteiger partial charge < -0.3 is 0 Å². The molecule has 142 valence electrons.